The molecule has 0 aliphatic rings. The Morgan fingerprint density at radius 2 is 1.33 bits per heavy atom. The second-order valence-corrected chi connectivity index (χ2v) is 9.52. The van der Waals surface area contributed by atoms with Crippen molar-refractivity contribution in [3.05, 3.63) is 57.6 Å². The first kappa shape index (κ1) is 21.0. The number of rotatable bonds is 2. The van der Waals surface area contributed by atoms with E-state index in [1.807, 2.05) is 34.6 Å². The summed E-state index contributed by atoms with van der Waals surface area (Å²) in [5.74, 6) is 0.440. The van der Waals surface area contributed by atoms with Gasteiger partial charge in [0.2, 0.25) is 0 Å². The van der Waals surface area contributed by atoms with Gasteiger partial charge in [0.15, 0.2) is 0 Å². The minimum Gasteiger partial charge on any atom is -0.507 e. The maximum absolute atomic E-state index is 12.8. The maximum Gasteiger partial charge on any atom is 0.343 e. The minimum absolute atomic E-state index is 0.0355. The van der Waals surface area contributed by atoms with E-state index in [2.05, 4.69) is 32.9 Å². The Balaban J connectivity index is 2.43. The van der Waals surface area contributed by atoms with E-state index in [1.54, 1.807) is 19.1 Å². The summed E-state index contributed by atoms with van der Waals surface area (Å²) in [7, 11) is 0. The molecule has 0 atom stereocenters. The van der Waals surface area contributed by atoms with E-state index in [4.69, 9.17) is 4.74 Å². The number of aromatic hydroxyl groups is 1. The van der Waals surface area contributed by atoms with Crippen LogP contribution in [0.5, 0.6) is 11.5 Å². The molecule has 2 aromatic rings. The summed E-state index contributed by atoms with van der Waals surface area (Å²) in [5, 5.41) is 10.4. The lowest BCUT2D eigenvalue weighted by Gasteiger charge is -2.23. The summed E-state index contributed by atoms with van der Waals surface area (Å²) in [6.07, 6.45) is 0. The zero-order valence-corrected chi connectivity index (χ0v) is 18.1. The first-order chi connectivity index (χ1) is 12.2. The highest BCUT2D eigenvalue weighted by molar-refractivity contribution is 5.92. The third-order valence-electron chi connectivity index (χ3n) is 4.87. The molecule has 0 saturated carbocycles. The molecule has 0 aromatic heterocycles. The number of ether oxygens (including phenoxy) is 1. The second kappa shape index (κ2) is 7.03. The zero-order valence-electron chi connectivity index (χ0n) is 18.1. The van der Waals surface area contributed by atoms with Crippen LogP contribution in [0.4, 0.5) is 0 Å². The molecule has 0 fully saturated rings. The fourth-order valence-corrected chi connectivity index (χ4v) is 3.17. The van der Waals surface area contributed by atoms with E-state index < -0.39 is 5.97 Å². The van der Waals surface area contributed by atoms with Gasteiger partial charge in [-0.2, -0.15) is 0 Å². The average Bonchev–Trinajstić information content (AvgIpc) is 2.50. The van der Waals surface area contributed by atoms with Crippen molar-refractivity contribution < 1.29 is 14.6 Å². The van der Waals surface area contributed by atoms with Crippen LogP contribution in [-0.4, -0.2) is 11.1 Å². The molecular weight excluding hydrogens is 336 g/mol. The molecule has 2 rings (SSSR count). The highest BCUT2D eigenvalue weighted by Crippen LogP contribution is 2.35. The number of phenols is 1. The minimum atomic E-state index is -0.404. The molecule has 0 spiro atoms. The molecule has 0 bridgehead atoms. The van der Waals surface area contributed by atoms with Crippen molar-refractivity contribution in [2.45, 2.75) is 73.1 Å². The molecule has 0 saturated heterocycles. The van der Waals surface area contributed by atoms with Crippen molar-refractivity contribution in [1.29, 1.82) is 0 Å². The van der Waals surface area contributed by atoms with E-state index in [0.717, 1.165) is 16.7 Å². The standard InChI is InChI=1S/C24H32O3/c1-14-10-17(13-19(20(14)25)24(7,8)9)22(26)27-21-15(2)11-18(12-16(21)3)23(4,5)6/h10-13,25H,1-9H3. The van der Waals surface area contributed by atoms with Gasteiger partial charge in [0, 0.05) is 5.56 Å². The molecule has 0 heterocycles. The van der Waals surface area contributed by atoms with Crippen molar-refractivity contribution in [2.24, 2.45) is 0 Å². The van der Waals surface area contributed by atoms with Crippen molar-refractivity contribution in [3.8, 4) is 11.5 Å². The van der Waals surface area contributed by atoms with Crippen LogP contribution in [0.3, 0.4) is 0 Å². The molecule has 3 heteroatoms. The Morgan fingerprint density at radius 3 is 1.78 bits per heavy atom. The molecule has 1 N–H and O–H groups in total. The van der Waals surface area contributed by atoms with Gasteiger partial charge < -0.3 is 9.84 Å². The molecule has 0 amide bonds. The van der Waals surface area contributed by atoms with Crippen LogP contribution in [0, 0.1) is 20.8 Å². The van der Waals surface area contributed by atoms with Crippen LogP contribution >= 0.6 is 0 Å². The Labute approximate surface area is 163 Å². The molecular formula is C24H32O3. The second-order valence-electron chi connectivity index (χ2n) is 9.52. The highest BCUT2D eigenvalue weighted by Gasteiger charge is 2.24. The lowest BCUT2D eigenvalue weighted by Crippen LogP contribution is -2.17. The van der Waals surface area contributed by atoms with E-state index in [9.17, 15) is 9.90 Å². The molecule has 0 unspecified atom stereocenters. The zero-order chi connectivity index (χ0) is 20.7. The van der Waals surface area contributed by atoms with Crippen LogP contribution < -0.4 is 4.74 Å². The van der Waals surface area contributed by atoms with Gasteiger partial charge in [0.05, 0.1) is 5.56 Å². The topological polar surface area (TPSA) is 46.5 Å². The van der Waals surface area contributed by atoms with Crippen molar-refractivity contribution in [2.75, 3.05) is 0 Å². The van der Waals surface area contributed by atoms with Crippen LogP contribution in [0.25, 0.3) is 0 Å². The SMILES string of the molecule is Cc1cc(C(=O)Oc2c(C)cc(C(C)(C)C)cc2C)cc(C(C)(C)C)c1O. The number of hydrogen-bond acceptors (Lipinski definition) is 3. The summed E-state index contributed by atoms with van der Waals surface area (Å²) in [6, 6.07) is 7.58. The number of hydrogen-bond donors (Lipinski definition) is 1. The summed E-state index contributed by atoms with van der Waals surface area (Å²) in [4.78, 5) is 12.8. The lowest BCUT2D eigenvalue weighted by molar-refractivity contribution is 0.0732. The normalized spacial score (nSPS) is 12.2. The van der Waals surface area contributed by atoms with E-state index in [1.165, 1.54) is 5.56 Å². The number of phenolic OH excluding ortho intramolecular Hbond substituents is 1. The van der Waals surface area contributed by atoms with Crippen LogP contribution in [0.2, 0.25) is 0 Å². The number of carbonyl (C=O) groups excluding carboxylic acids is 1. The Hall–Kier alpha value is -2.29. The van der Waals surface area contributed by atoms with Crippen molar-refractivity contribution >= 4 is 5.97 Å². The summed E-state index contributed by atoms with van der Waals surface area (Å²) in [5.41, 5.74) is 4.73. The summed E-state index contributed by atoms with van der Waals surface area (Å²) >= 11 is 0. The van der Waals surface area contributed by atoms with Gasteiger partial charge in [0.1, 0.15) is 11.5 Å². The third-order valence-corrected chi connectivity index (χ3v) is 4.87. The number of carbonyl (C=O) groups is 1. The Bertz CT molecular complexity index is 855. The van der Waals surface area contributed by atoms with Crippen LogP contribution in [-0.2, 0) is 10.8 Å². The predicted molar refractivity (Wildman–Crippen MR) is 111 cm³/mol. The van der Waals surface area contributed by atoms with E-state index in [-0.39, 0.29) is 16.6 Å². The van der Waals surface area contributed by atoms with Gasteiger partial charge in [-0.3, -0.25) is 0 Å². The number of esters is 1. The van der Waals surface area contributed by atoms with Crippen molar-refractivity contribution in [1.82, 2.24) is 0 Å². The quantitative estimate of drug-likeness (QED) is 0.512. The lowest BCUT2D eigenvalue weighted by atomic mass is 9.84. The molecule has 0 radical (unpaired) electrons. The average molecular weight is 369 g/mol. The van der Waals surface area contributed by atoms with Gasteiger partial charge >= 0.3 is 5.97 Å². The van der Waals surface area contributed by atoms with Gasteiger partial charge in [-0.1, -0.05) is 53.7 Å². The molecule has 2 aromatic carbocycles. The Kier molecular flexibility index (Phi) is 5.47. The monoisotopic (exact) mass is 368 g/mol. The van der Waals surface area contributed by atoms with Crippen molar-refractivity contribution in [3.63, 3.8) is 0 Å². The van der Waals surface area contributed by atoms with Crippen LogP contribution in [0.1, 0.15) is 79.7 Å². The number of benzene rings is 2. The third kappa shape index (κ3) is 4.52. The van der Waals surface area contributed by atoms with E-state index >= 15 is 0 Å². The first-order valence-electron chi connectivity index (χ1n) is 9.40. The summed E-state index contributed by atoms with van der Waals surface area (Å²) < 4.78 is 5.77. The molecule has 3 nitrogen and oxygen atoms in total. The van der Waals surface area contributed by atoms with Gasteiger partial charge in [-0.25, -0.2) is 4.79 Å². The fourth-order valence-electron chi connectivity index (χ4n) is 3.17. The smallest absolute Gasteiger partial charge is 0.343 e. The van der Waals surface area contributed by atoms with Crippen LogP contribution in [0.15, 0.2) is 24.3 Å². The predicted octanol–water partition coefficient (Wildman–Crippen LogP) is 6.13. The Morgan fingerprint density at radius 1 is 0.815 bits per heavy atom. The fraction of sp³-hybridized carbons (Fsp3) is 0.458. The summed E-state index contributed by atoms with van der Waals surface area (Å²) in [6.45, 7) is 18.3. The largest absolute Gasteiger partial charge is 0.507 e. The van der Waals surface area contributed by atoms with Gasteiger partial charge in [0.25, 0.3) is 0 Å². The molecule has 0 aliphatic heterocycles. The van der Waals surface area contributed by atoms with Gasteiger partial charge in [-0.05, 0) is 66.0 Å². The molecule has 27 heavy (non-hydrogen) atoms. The first-order valence-corrected chi connectivity index (χ1v) is 9.40. The highest BCUT2D eigenvalue weighted by atomic mass is 16.5. The molecule has 0 aliphatic carbocycles. The maximum atomic E-state index is 12.8. The number of aryl methyl sites for hydroxylation is 3. The van der Waals surface area contributed by atoms with Gasteiger partial charge in [-0.15, -0.1) is 0 Å². The molecule has 146 valence electrons. The van der Waals surface area contributed by atoms with E-state index in [0.29, 0.717) is 16.9 Å².